The van der Waals surface area contributed by atoms with Crippen LogP contribution in [0.4, 0.5) is 0 Å². The molecule has 1 aromatic carbocycles. The summed E-state index contributed by atoms with van der Waals surface area (Å²) in [5.74, 6) is 0.561. The Balaban J connectivity index is 0.000000200. The van der Waals surface area contributed by atoms with Gasteiger partial charge in [-0.1, -0.05) is 37.3 Å². The summed E-state index contributed by atoms with van der Waals surface area (Å²) in [6.45, 7) is 5.04. The van der Waals surface area contributed by atoms with Gasteiger partial charge in [-0.25, -0.2) is 0 Å². The van der Waals surface area contributed by atoms with E-state index in [4.69, 9.17) is 0 Å². The Bertz CT molecular complexity index is 350. The molecule has 0 aromatic heterocycles. The van der Waals surface area contributed by atoms with Crippen molar-refractivity contribution in [1.29, 1.82) is 0 Å². The van der Waals surface area contributed by atoms with Crippen LogP contribution in [0.1, 0.15) is 31.7 Å². The van der Waals surface area contributed by atoms with Gasteiger partial charge in [0.15, 0.2) is 0 Å². The maximum Gasteiger partial charge on any atom is 0.293 e. The van der Waals surface area contributed by atoms with Gasteiger partial charge in [0.05, 0.1) is 6.10 Å². The van der Waals surface area contributed by atoms with Crippen molar-refractivity contribution in [2.75, 3.05) is 13.1 Å². The number of ether oxygens (including phenoxy) is 1. The third-order valence-corrected chi connectivity index (χ3v) is 3.51. The Kier molecular flexibility index (Phi) is 8.67. The number of nitrogens with one attached hydrogen (secondary N) is 1. The Hall–Kier alpha value is -1.39. The molecule has 0 spiro atoms. The molecular formula is C16H25NO3. The SMILES string of the molecule is CCC(O)C1CCNCC1.O=COCc1ccccc1. The minimum Gasteiger partial charge on any atom is -0.463 e. The fourth-order valence-electron chi connectivity index (χ4n) is 2.27. The van der Waals surface area contributed by atoms with Crippen LogP contribution in [0, 0.1) is 5.92 Å². The summed E-state index contributed by atoms with van der Waals surface area (Å²) >= 11 is 0. The topological polar surface area (TPSA) is 58.6 Å². The van der Waals surface area contributed by atoms with Crippen LogP contribution >= 0.6 is 0 Å². The lowest BCUT2D eigenvalue weighted by Crippen LogP contribution is -2.33. The first-order chi connectivity index (χ1) is 9.77. The highest BCUT2D eigenvalue weighted by Gasteiger charge is 2.19. The van der Waals surface area contributed by atoms with Gasteiger partial charge >= 0.3 is 0 Å². The van der Waals surface area contributed by atoms with Gasteiger partial charge in [0, 0.05) is 0 Å². The summed E-state index contributed by atoms with van der Waals surface area (Å²) in [6, 6.07) is 9.55. The van der Waals surface area contributed by atoms with Crippen molar-refractivity contribution in [1.82, 2.24) is 5.32 Å². The number of aliphatic hydroxyl groups is 1. The molecule has 0 bridgehead atoms. The van der Waals surface area contributed by atoms with E-state index < -0.39 is 0 Å². The van der Waals surface area contributed by atoms with E-state index in [9.17, 15) is 9.90 Å². The van der Waals surface area contributed by atoms with Crippen molar-refractivity contribution in [3.05, 3.63) is 35.9 Å². The van der Waals surface area contributed by atoms with E-state index in [1.807, 2.05) is 37.3 Å². The Morgan fingerprint density at radius 2 is 2.00 bits per heavy atom. The number of hydrogen-bond donors (Lipinski definition) is 2. The highest BCUT2D eigenvalue weighted by atomic mass is 16.5. The lowest BCUT2D eigenvalue weighted by Gasteiger charge is -2.26. The van der Waals surface area contributed by atoms with E-state index in [-0.39, 0.29) is 6.10 Å². The normalized spacial score (nSPS) is 16.7. The fraction of sp³-hybridized carbons (Fsp3) is 0.562. The highest BCUT2D eigenvalue weighted by molar-refractivity contribution is 5.37. The van der Waals surface area contributed by atoms with Gasteiger partial charge in [0.25, 0.3) is 6.47 Å². The van der Waals surface area contributed by atoms with Crippen LogP contribution in [-0.4, -0.2) is 30.8 Å². The molecule has 0 aliphatic carbocycles. The summed E-state index contributed by atoms with van der Waals surface area (Å²) in [7, 11) is 0. The molecule has 0 amide bonds. The number of benzene rings is 1. The zero-order valence-electron chi connectivity index (χ0n) is 12.1. The molecule has 0 radical (unpaired) electrons. The summed E-state index contributed by atoms with van der Waals surface area (Å²) in [5.41, 5.74) is 1.01. The second-order valence-electron chi connectivity index (χ2n) is 4.96. The standard InChI is InChI=1S/C8H17NO.C8H8O2/c1-2-8(10)7-3-5-9-6-4-7;9-7-10-6-8-4-2-1-3-5-8/h7-10H,2-6H2,1H3;1-5,7H,6H2. The van der Waals surface area contributed by atoms with Crippen LogP contribution in [0.25, 0.3) is 0 Å². The van der Waals surface area contributed by atoms with Gasteiger partial charge in [-0.2, -0.15) is 0 Å². The number of hydrogen-bond acceptors (Lipinski definition) is 4. The molecular weight excluding hydrogens is 254 g/mol. The van der Waals surface area contributed by atoms with Gasteiger partial charge in [-0.05, 0) is 43.8 Å². The molecule has 1 aromatic rings. The molecule has 1 saturated heterocycles. The minimum absolute atomic E-state index is 0.0536. The molecule has 4 nitrogen and oxygen atoms in total. The number of aliphatic hydroxyl groups excluding tert-OH is 1. The average Bonchev–Trinajstić information content (AvgIpc) is 2.54. The highest BCUT2D eigenvalue weighted by Crippen LogP contribution is 2.17. The Labute approximate surface area is 121 Å². The summed E-state index contributed by atoms with van der Waals surface area (Å²) < 4.78 is 4.54. The van der Waals surface area contributed by atoms with Crippen molar-refractivity contribution >= 4 is 6.47 Å². The van der Waals surface area contributed by atoms with E-state index in [2.05, 4.69) is 10.1 Å². The lowest BCUT2D eigenvalue weighted by molar-refractivity contribution is -0.129. The maximum atomic E-state index is 9.76. The molecule has 2 rings (SSSR count). The molecule has 1 aliphatic heterocycles. The monoisotopic (exact) mass is 279 g/mol. The molecule has 1 fully saturated rings. The first-order valence-electron chi connectivity index (χ1n) is 7.25. The Morgan fingerprint density at radius 3 is 2.55 bits per heavy atom. The zero-order chi connectivity index (χ0) is 14.6. The number of rotatable bonds is 5. The van der Waals surface area contributed by atoms with Gasteiger partial charge in [0.2, 0.25) is 0 Å². The lowest BCUT2D eigenvalue weighted by atomic mass is 9.91. The van der Waals surface area contributed by atoms with Crippen LogP contribution in [-0.2, 0) is 16.1 Å². The molecule has 4 heteroatoms. The molecule has 1 aliphatic rings. The molecule has 2 N–H and O–H groups in total. The van der Waals surface area contributed by atoms with Gasteiger partial charge < -0.3 is 15.2 Å². The Morgan fingerprint density at radius 1 is 1.35 bits per heavy atom. The summed E-state index contributed by atoms with van der Waals surface area (Å²) in [5, 5.41) is 12.7. The van der Waals surface area contributed by atoms with Crippen LogP contribution in [0.15, 0.2) is 30.3 Å². The van der Waals surface area contributed by atoms with Gasteiger partial charge in [-0.3, -0.25) is 4.79 Å². The number of piperidine rings is 1. The molecule has 1 heterocycles. The maximum absolute atomic E-state index is 9.76. The molecule has 1 unspecified atom stereocenters. The van der Waals surface area contributed by atoms with Crippen LogP contribution < -0.4 is 5.32 Å². The second kappa shape index (κ2) is 10.4. The molecule has 20 heavy (non-hydrogen) atoms. The van der Waals surface area contributed by atoms with Crippen molar-refractivity contribution in [3.8, 4) is 0 Å². The van der Waals surface area contributed by atoms with Gasteiger partial charge in [0.1, 0.15) is 6.61 Å². The molecule has 112 valence electrons. The van der Waals surface area contributed by atoms with Crippen molar-refractivity contribution in [3.63, 3.8) is 0 Å². The first-order valence-corrected chi connectivity index (χ1v) is 7.25. The van der Waals surface area contributed by atoms with Crippen molar-refractivity contribution < 1.29 is 14.6 Å². The van der Waals surface area contributed by atoms with Crippen LogP contribution in [0.2, 0.25) is 0 Å². The predicted octanol–water partition coefficient (Wildman–Crippen LogP) is 2.12. The summed E-state index contributed by atoms with van der Waals surface area (Å²) in [4.78, 5) is 9.76. The largest absolute Gasteiger partial charge is 0.463 e. The molecule has 0 saturated carbocycles. The number of carbonyl (C=O) groups excluding carboxylic acids is 1. The van der Waals surface area contributed by atoms with E-state index in [0.717, 1.165) is 37.9 Å². The van der Waals surface area contributed by atoms with E-state index in [1.54, 1.807) is 0 Å². The van der Waals surface area contributed by atoms with E-state index >= 15 is 0 Å². The van der Waals surface area contributed by atoms with Crippen molar-refractivity contribution in [2.45, 2.75) is 38.9 Å². The zero-order valence-corrected chi connectivity index (χ0v) is 12.1. The minimum atomic E-state index is -0.0536. The average molecular weight is 279 g/mol. The van der Waals surface area contributed by atoms with E-state index in [1.165, 1.54) is 0 Å². The smallest absolute Gasteiger partial charge is 0.293 e. The number of carbonyl (C=O) groups is 1. The second-order valence-corrected chi connectivity index (χ2v) is 4.96. The molecule has 1 atom stereocenters. The van der Waals surface area contributed by atoms with Crippen LogP contribution in [0.3, 0.4) is 0 Å². The van der Waals surface area contributed by atoms with Gasteiger partial charge in [-0.15, -0.1) is 0 Å². The van der Waals surface area contributed by atoms with Crippen molar-refractivity contribution in [2.24, 2.45) is 5.92 Å². The summed E-state index contributed by atoms with van der Waals surface area (Å²) in [6.07, 6.45) is 3.15. The third-order valence-electron chi connectivity index (χ3n) is 3.51. The quantitative estimate of drug-likeness (QED) is 0.811. The third kappa shape index (κ3) is 6.68. The van der Waals surface area contributed by atoms with E-state index in [0.29, 0.717) is 19.0 Å². The first kappa shape index (κ1) is 16.7. The fourth-order valence-corrected chi connectivity index (χ4v) is 2.27. The predicted molar refractivity (Wildman–Crippen MR) is 79.2 cm³/mol. The van der Waals surface area contributed by atoms with Crippen LogP contribution in [0.5, 0.6) is 0 Å².